The molecule has 1 N–H and O–H groups in total. The monoisotopic (exact) mass is 597 g/mol. The quantitative estimate of drug-likeness (QED) is 0.343. The normalized spacial score (nSPS) is 17.1. The predicted octanol–water partition coefficient (Wildman–Crippen LogP) is 3.04. The van der Waals surface area contributed by atoms with Crippen LogP contribution in [0.1, 0.15) is 54.8 Å². The predicted molar refractivity (Wildman–Crippen MR) is 168 cm³/mol. The molecule has 2 aromatic heterocycles. The maximum absolute atomic E-state index is 12.1. The van der Waals surface area contributed by atoms with Crippen molar-refractivity contribution in [3.63, 3.8) is 0 Å². The van der Waals surface area contributed by atoms with Crippen LogP contribution in [0.25, 0.3) is 0 Å². The number of aromatic nitrogens is 2. The largest absolute Gasteiger partial charge is 0.464 e. The van der Waals surface area contributed by atoms with Crippen molar-refractivity contribution in [2.24, 2.45) is 0 Å². The second-order valence-corrected chi connectivity index (χ2v) is 12.3. The van der Waals surface area contributed by atoms with Crippen LogP contribution >= 0.6 is 0 Å². The number of aryl methyl sites for hydroxylation is 1. The highest BCUT2D eigenvalue weighted by Gasteiger charge is 2.18. The Kier molecular flexibility index (Phi) is 13.8. The van der Waals surface area contributed by atoms with Gasteiger partial charge in [0.15, 0.2) is 0 Å². The SMILES string of the molecule is COC(=O)c1cccc(CN2CCN(C)CCN(Cc3cccc(C)n3)CCN(CCCNC(=O)OC(C)(C)C)CC2)n1. The molecule has 0 saturated carbocycles. The van der Waals surface area contributed by atoms with Crippen LogP contribution < -0.4 is 5.32 Å². The van der Waals surface area contributed by atoms with Crippen molar-refractivity contribution >= 4 is 12.1 Å². The zero-order valence-electron chi connectivity index (χ0n) is 27.0. The van der Waals surface area contributed by atoms with E-state index >= 15 is 0 Å². The highest BCUT2D eigenvalue weighted by atomic mass is 16.6. The van der Waals surface area contributed by atoms with Crippen LogP contribution in [0.15, 0.2) is 36.4 Å². The number of esters is 1. The van der Waals surface area contributed by atoms with Crippen molar-refractivity contribution in [3.8, 4) is 0 Å². The molecule has 1 aliphatic heterocycles. The summed E-state index contributed by atoms with van der Waals surface area (Å²) in [6, 6.07) is 11.7. The molecular formula is C32H51N7O4. The average Bonchev–Trinajstić information content (AvgIpc) is 2.95. The van der Waals surface area contributed by atoms with Gasteiger partial charge < -0.3 is 24.6 Å². The number of nitrogens with one attached hydrogen (secondary N) is 1. The lowest BCUT2D eigenvalue weighted by Crippen LogP contribution is -2.45. The number of methoxy groups -OCH3 is 1. The van der Waals surface area contributed by atoms with Gasteiger partial charge in [-0.25, -0.2) is 14.6 Å². The van der Waals surface area contributed by atoms with Gasteiger partial charge in [0.05, 0.1) is 18.5 Å². The number of amides is 1. The third kappa shape index (κ3) is 13.4. The second-order valence-electron chi connectivity index (χ2n) is 12.3. The van der Waals surface area contributed by atoms with E-state index in [1.165, 1.54) is 7.11 Å². The van der Waals surface area contributed by atoms with Crippen LogP contribution in [0.2, 0.25) is 0 Å². The van der Waals surface area contributed by atoms with E-state index in [1.807, 2.05) is 45.9 Å². The first-order valence-corrected chi connectivity index (χ1v) is 15.3. The van der Waals surface area contributed by atoms with Crippen LogP contribution in [0.3, 0.4) is 0 Å². The highest BCUT2D eigenvalue weighted by molar-refractivity contribution is 5.87. The minimum atomic E-state index is -0.514. The molecular weight excluding hydrogens is 546 g/mol. The molecule has 238 valence electrons. The Hall–Kier alpha value is -3.12. The van der Waals surface area contributed by atoms with Gasteiger partial charge in [-0.2, -0.15) is 0 Å². The molecule has 43 heavy (non-hydrogen) atoms. The molecule has 0 unspecified atom stereocenters. The molecule has 0 radical (unpaired) electrons. The summed E-state index contributed by atoms with van der Waals surface area (Å²) in [5.41, 5.74) is 2.79. The maximum Gasteiger partial charge on any atom is 0.407 e. The zero-order valence-corrected chi connectivity index (χ0v) is 27.0. The minimum Gasteiger partial charge on any atom is -0.464 e. The van der Waals surface area contributed by atoms with Crippen molar-refractivity contribution < 1.29 is 19.1 Å². The number of hydrogen-bond donors (Lipinski definition) is 1. The molecule has 11 heteroatoms. The van der Waals surface area contributed by atoms with Crippen molar-refractivity contribution in [1.29, 1.82) is 0 Å². The maximum atomic E-state index is 12.1. The highest BCUT2D eigenvalue weighted by Crippen LogP contribution is 2.10. The lowest BCUT2D eigenvalue weighted by atomic mass is 10.2. The fraction of sp³-hybridized carbons (Fsp3) is 0.625. The molecule has 1 fully saturated rings. The summed E-state index contributed by atoms with van der Waals surface area (Å²) in [6.45, 7) is 17.8. The standard InChI is InChI=1S/C32H51N7O4/c1-26-10-7-11-27(34-26)24-38-18-16-36(5)17-19-39(25-28-12-8-13-29(35-28)30(40)42-6)23-21-37(20-22-38)15-9-14-33-31(41)43-32(2,3)4/h7-8,10-13H,9,14-25H2,1-6H3,(H,33,41). The smallest absolute Gasteiger partial charge is 0.407 e. The van der Waals surface area contributed by atoms with Gasteiger partial charge in [-0.05, 0) is 72.0 Å². The van der Waals surface area contributed by atoms with Crippen LogP contribution in [-0.2, 0) is 22.6 Å². The van der Waals surface area contributed by atoms with Crippen LogP contribution in [0.4, 0.5) is 4.79 Å². The van der Waals surface area contributed by atoms with Gasteiger partial charge in [-0.3, -0.25) is 14.8 Å². The van der Waals surface area contributed by atoms with Gasteiger partial charge in [0, 0.05) is 77.7 Å². The van der Waals surface area contributed by atoms with Gasteiger partial charge in [-0.15, -0.1) is 0 Å². The molecule has 0 bridgehead atoms. The van der Waals surface area contributed by atoms with Crippen LogP contribution in [0.5, 0.6) is 0 Å². The molecule has 0 aliphatic carbocycles. The molecule has 1 aliphatic rings. The van der Waals surface area contributed by atoms with Crippen molar-refractivity contribution in [3.05, 3.63) is 59.2 Å². The molecule has 3 rings (SSSR count). The van der Waals surface area contributed by atoms with E-state index in [9.17, 15) is 9.59 Å². The molecule has 0 aromatic carbocycles. The van der Waals surface area contributed by atoms with E-state index in [2.05, 4.69) is 49.1 Å². The minimum absolute atomic E-state index is 0.328. The molecule has 0 atom stereocenters. The summed E-state index contributed by atoms with van der Waals surface area (Å²) in [4.78, 5) is 43.2. The first kappa shape index (κ1) is 34.4. The summed E-state index contributed by atoms with van der Waals surface area (Å²) in [5, 5.41) is 2.89. The summed E-state index contributed by atoms with van der Waals surface area (Å²) in [5.74, 6) is -0.424. The number of carbonyl (C=O) groups excluding carboxylic acids is 2. The number of nitrogens with zero attached hydrogens (tertiary/aromatic N) is 6. The molecule has 1 amide bonds. The number of hydrogen-bond acceptors (Lipinski definition) is 10. The fourth-order valence-corrected chi connectivity index (χ4v) is 4.92. The number of alkyl carbamates (subject to hydrolysis) is 1. The van der Waals surface area contributed by atoms with E-state index in [4.69, 9.17) is 14.5 Å². The summed E-state index contributed by atoms with van der Waals surface area (Å²) < 4.78 is 10.3. The topological polar surface area (TPSA) is 103 Å². The van der Waals surface area contributed by atoms with Gasteiger partial charge >= 0.3 is 12.1 Å². The summed E-state index contributed by atoms with van der Waals surface area (Å²) in [6.07, 6.45) is 0.444. The Morgan fingerprint density at radius 2 is 1.40 bits per heavy atom. The molecule has 1 saturated heterocycles. The van der Waals surface area contributed by atoms with Gasteiger partial charge in [0.25, 0.3) is 0 Å². The molecule has 0 spiro atoms. The third-order valence-corrected chi connectivity index (χ3v) is 7.30. The molecule has 11 nitrogen and oxygen atoms in total. The van der Waals surface area contributed by atoms with Gasteiger partial charge in [0.1, 0.15) is 11.3 Å². The lowest BCUT2D eigenvalue weighted by molar-refractivity contribution is 0.0523. The Morgan fingerprint density at radius 3 is 1.98 bits per heavy atom. The Morgan fingerprint density at radius 1 is 0.837 bits per heavy atom. The molecule has 2 aromatic rings. The van der Waals surface area contributed by atoms with Crippen LogP contribution in [-0.4, -0.2) is 127 Å². The van der Waals surface area contributed by atoms with E-state index in [-0.39, 0.29) is 6.09 Å². The lowest BCUT2D eigenvalue weighted by Gasteiger charge is -2.33. The van der Waals surface area contributed by atoms with E-state index in [0.717, 1.165) is 89.0 Å². The van der Waals surface area contributed by atoms with Crippen molar-refractivity contribution in [2.45, 2.75) is 52.8 Å². The number of rotatable bonds is 9. The van der Waals surface area contributed by atoms with E-state index < -0.39 is 11.6 Å². The number of ether oxygens (including phenoxy) is 2. The van der Waals surface area contributed by atoms with Gasteiger partial charge in [0.2, 0.25) is 0 Å². The van der Waals surface area contributed by atoms with Crippen LogP contribution in [0, 0.1) is 6.92 Å². The Bertz CT molecular complexity index is 1160. The van der Waals surface area contributed by atoms with E-state index in [1.54, 1.807) is 6.07 Å². The fourth-order valence-electron chi connectivity index (χ4n) is 4.92. The second kappa shape index (κ2) is 17.2. The Balaban J connectivity index is 1.67. The Labute approximate surface area is 257 Å². The van der Waals surface area contributed by atoms with Crippen molar-refractivity contribution in [1.82, 2.24) is 34.9 Å². The summed E-state index contributed by atoms with van der Waals surface area (Å²) >= 11 is 0. The van der Waals surface area contributed by atoms with Crippen molar-refractivity contribution in [2.75, 3.05) is 79.6 Å². The summed E-state index contributed by atoms with van der Waals surface area (Å²) in [7, 11) is 3.55. The first-order valence-electron chi connectivity index (χ1n) is 15.3. The number of pyridine rings is 2. The van der Waals surface area contributed by atoms with E-state index in [0.29, 0.717) is 18.8 Å². The van der Waals surface area contributed by atoms with Gasteiger partial charge in [-0.1, -0.05) is 12.1 Å². The number of likely N-dealkylation sites (N-methyl/N-ethyl adjacent to an activating group) is 1. The third-order valence-electron chi connectivity index (χ3n) is 7.30. The average molecular weight is 598 g/mol. The zero-order chi connectivity index (χ0) is 31.2. The molecule has 3 heterocycles. The number of carbonyl (C=O) groups is 2. The first-order chi connectivity index (χ1) is 20.5.